The highest BCUT2D eigenvalue weighted by Gasteiger charge is 2.21. The molecule has 1 aliphatic heterocycles. The van der Waals surface area contributed by atoms with E-state index >= 15 is 0 Å². The molecule has 0 saturated heterocycles. The Hall–Kier alpha value is -2.33. The van der Waals surface area contributed by atoms with Crippen molar-refractivity contribution in [2.45, 2.75) is 13.5 Å². The van der Waals surface area contributed by atoms with Crippen molar-refractivity contribution in [2.24, 2.45) is 5.73 Å². The van der Waals surface area contributed by atoms with Crippen LogP contribution in [0.4, 0.5) is 5.69 Å². The number of rotatable bonds is 4. The maximum Gasteiger partial charge on any atom is 0.182 e. The molecule has 4 nitrogen and oxygen atoms in total. The van der Waals surface area contributed by atoms with E-state index in [9.17, 15) is 4.79 Å². The highest BCUT2D eigenvalue weighted by Crippen LogP contribution is 2.32. The number of fused-ring (bicyclic) bond motifs is 1. The van der Waals surface area contributed by atoms with Gasteiger partial charge in [-0.1, -0.05) is 35.9 Å². The van der Waals surface area contributed by atoms with E-state index in [1.165, 1.54) is 0 Å². The SMILES string of the molecule is Cc1ccc(C(=O)CN2CCOc3cc(CN)ccc32)cc1. The number of nitrogens with two attached hydrogens (primary N) is 1. The fourth-order valence-corrected chi connectivity index (χ4v) is 2.62. The van der Waals surface area contributed by atoms with Gasteiger partial charge >= 0.3 is 0 Å². The molecule has 0 aliphatic carbocycles. The smallest absolute Gasteiger partial charge is 0.182 e. The van der Waals surface area contributed by atoms with Gasteiger partial charge in [0.1, 0.15) is 12.4 Å². The van der Waals surface area contributed by atoms with E-state index < -0.39 is 0 Å². The van der Waals surface area contributed by atoms with Crippen molar-refractivity contribution < 1.29 is 9.53 Å². The minimum atomic E-state index is 0.121. The summed E-state index contributed by atoms with van der Waals surface area (Å²) >= 11 is 0. The fraction of sp³-hybridized carbons (Fsp3) is 0.278. The molecule has 1 aliphatic rings. The Bertz CT molecular complexity index is 680. The molecule has 0 unspecified atom stereocenters. The molecule has 114 valence electrons. The van der Waals surface area contributed by atoms with Crippen LogP contribution >= 0.6 is 0 Å². The Balaban J connectivity index is 1.79. The molecular weight excluding hydrogens is 276 g/mol. The maximum absolute atomic E-state index is 12.5. The van der Waals surface area contributed by atoms with Crippen LogP contribution in [0.25, 0.3) is 0 Å². The summed E-state index contributed by atoms with van der Waals surface area (Å²) in [4.78, 5) is 14.5. The number of carbonyl (C=O) groups is 1. The van der Waals surface area contributed by atoms with Crippen LogP contribution in [0, 0.1) is 6.92 Å². The normalized spacial score (nSPS) is 13.5. The number of Topliss-reactive ketones (excluding diaryl/α,β-unsaturated/α-hetero) is 1. The minimum Gasteiger partial charge on any atom is -0.490 e. The number of ketones is 1. The lowest BCUT2D eigenvalue weighted by Crippen LogP contribution is -2.36. The Morgan fingerprint density at radius 2 is 2.00 bits per heavy atom. The van der Waals surface area contributed by atoms with E-state index in [1.807, 2.05) is 49.4 Å². The number of hydrogen-bond donors (Lipinski definition) is 1. The summed E-state index contributed by atoms with van der Waals surface area (Å²) in [6.45, 7) is 4.16. The van der Waals surface area contributed by atoms with Crippen LogP contribution in [-0.2, 0) is 6.54 Å². The molecule has 22 heavy (non-hydrogen) atoms. The van der Waals surface area contributed by atoms with Gasteiger partial charge in [0.2, 0.25) is 0 Å². The summed E-state index contributed by atoms with van der Waals surface area (Å²) in [5, 5.41) is 0. The van der Waals surface area contributed by atoms with Gasteiger partial charge in [0.25, 0.3) is 0 Å². The number of anilines is 1. The summed E-state index contributed by atoms with van der Waals surface area (Å²) in [7, 11) is 0. The molecule has 0 fully saturated rings. The Labute approximate surface area is 130 Å². The van der Waals surface area contributed by atoms with Crippen LogP contribution in [0.5, 0.6) is 5.75 Å². The average Bonchev–Trinajstić information content (AvgIpc) is 2.55. The third kappa shape index (κ3) is 2.97. The highest BCUT2D eigenvalue weighted by molar-refractivity contribution is 5.99. The molecule has 0 radical (unpaired) electrons. The number of carbonyl (C=O) groups excluding carboxylic acids is 1. The molecule has 0 atom stereocenters. The van der Waals surface area contributed by atoms with Crippen molar-refractivity contribution >= 4 is 11.5 Å². The minimum absolute atomic E-state index is 0.121. The summed E-state index contributed by atoms with van der Waals surface area (Å²) in [6, 6.07) is 13.6. The van der Waals surface area contributed by atoms with Crippen LogP contribution in [0.15, 0.2) is 42.5 Å². The van der Waals surface area contributed by atoms with E-state index in [4.69, 9.17) is 10.5 Å². The first-order chi connectivity index (χ1) is 10.7. The molecule has 0 aromatic heterocycles. The van der Waals surface area contributed by atoms with E-state index in [2.05, 4.69) is 4.90 Å². The second-order valence-electron chi connectivity index (χ2n) is 5.57. The van der Waals surface area contributed by atoms with E-state index in [-0.39, 0.29) is 5.78 Å². The van der Waals surface area contributed by atoms with Crippen molar-refractivity contribution in [3.8, 4) is 5.75 Å². The topological polar surface area (TPSA) is 55.6 Å². The lowest BCUT2D eigenvalue weighted by Gasteiger charge is -2.31. The highest BCUT2D eigenvalue weighted by atomic mass is 16.5. The van der Waals surface area contributed by atoms with Gasteiger partial charge in [0.15, 0.2) is 5.78 Å². The number of ether oxygens (including phenoxy) is 1. The van der Waals surface area contributed by atoms with Crippen LogP contribution < -0.4 is 15.4 Å². The van der Waals surface area contributed by atoms with Crippen molar-refractivity contribution in [1.29, 1.82) is 0 Å². The molecular formula is C18H20N2O2. The molecule has 2 aromatic carbocycles. The zero-order valence-electron chi connectivity index (χ0n) is 12.7. The van der Waals surface area contributed by atoms with E-state index in [1.54, 1.807) is 0 Å². The van der Waals surface area contributed by atoms with Gasteiger partial charge in [-0.15, -0.1) is 0 Å². The monoisotopic (exact) mass is 296 g/mol. The molecule has 0 saturated carbocycles. The van der Waals surface area contributed by atoms with Gasteiger partial charge in [-0.05, 0) is 24.6 Å². The fourth-order valence-electron chi connectivity index (χ4n) is 2.62. The zero-order valence-corrected chi connectivity index (χ0v) is 12.7. The lowest BCUT2D eigenvalue weighted by atomic mass is 10.1. The van der Waals surface area contributed by atoms with Gasteiger partial charge in [-0.25, -0.2) is 0 Å². The second kappa shape index (κ2) is 6.20. The number of nitrogens with zero attached hydrogens (tertiary/aromatic N) is 1. The van der Waals surface area contributed by atoms with Crippen LogP contribution in [0.3, 0.4) is 0 Å². The van der Waals surface area contributed by atoms with Crippen molar-refractivity contribution in [1.82, 2.24) is 0 Å². The first kappa shape index (κ1) is 14.6. The largest absolute Gasteiger partial charge is 0.490 e. The summed E-state index contributed by atoms with van der Waals surface area (Å²) < 4.78 is 5.69. The van der Waals surface area contributed by atoms with Gasteiger partial charge in [0, 0.05) is 12.1 Å². The van der Waals surface area contributed by atoms with Gasteiger partial charge in [0.05, 0.1) is 18.8 Å². The molecule has 0 amide bonds. The van der Waals surface area contributed by atoms with Gasteiger partial charge in [-0.2, -0.15) is 0 Å². The quantitative estimate of drug-likeness (QED) is 0.881. The predicted molar refractivity (Wildman–Crippen MR) is 87.6 cm³/mol. The predicted octanol–water partition coefficient (Wildman–Crippen LogP) is 2.54. The first-order valence-electron chi connectivity index (χ1n) is 7.48. The molecule has 2 N–H and O–H groups in total. The second-order valence-corrected chi connectivity index (χ2v) is 5.57. The number of hydrogen-bond acceptors (Lipinski definition) is 4. The molecule has 3 rings (SSSR count). The van der Waals surface area contributed by atoms with Crippen molar-refractivity contribution in [3.05, 3.63) is 59.2 Å². The molecule has 0 spiro atoms. The molecule has 1 heterocycles. The third-order valence-electron chi connectivity index (χ3n) is 3.93. The molecule has 2 aromatic rings. The van der Waals surface area contributed by atoms with Gasteiger partial charge < -0.3 is 15.4 Å². The van der Waals surface area contributed by atoms with Crippen LogP contribution in [0.2, 0.25) is 0 Å². The Morgan fingerprint density at radius 3 is 2.73 bits per heavy atom. The Morgan fingerprint density at radius 1 is 1.23 bits per heavy atom. The summed E-state index contributed by atoms with van der Waals surface area (Å²) in [5.41, 5.74) is 9.56. The van der Waals surface area contributed by atoms with Gasteiger partial charge in [-0.3, -0.25) is 4.79 Å². The van der Waals surface area contributed by atoms with E-state index in [0.717, 1.165) is 28.1 Å². The third-order valence-corrected chi connectivity index (χ3v) is 3.93. The maximum atomic E-state index is 12.5. The van der Waals surface area contributed by atoms with Crippen LogP contribution in [0.1, 0.15) is 21.5 Å². The van der Waals surface area contributed by atoms with Crippen molar-refractivity contribution in [3.63, 3.8) is 0 Å². The first-order valence-corrected chi connectivity index (χ1v) is 7.48. The standard InChI is InChI=1S/C18H20N2O2/c1-13-2-5-15(6-3-13)17(21)12-20-8-9-22-18-10-14(11-19)4-7-16(18)20/h2-7,10H,8-9,11-12,19H2,1H3. The summed E-state index contributed by atoms with van der Waals surface area (Å²) in [5.74, 6) is 0.932. The van der Waals surface area contributed by atoms with E-state index in [0.29, 0.717) is 26.2 Å². The number of aryl methyl sites for hydroxylation is 1. The number of benzene rings is 2. The molecule has 0 bridgehead atoms. The zero-order chi connectivity index (χ0) is 15.5. The average molecular weight is 296 g/mol. The van der Waals surface area contributed by atoms with Crippen LogP contribution in [-0.4, -0.2) is 25.5 Å². The lowest BCUT2D eigenvalue weighted by molar-refractivity contribution is 0.0997. The summed E-state index contributed by atoms with van der Waals surface area (Å²) in [6.07, 6.45) is 0. The van der Waals surface area contributed by atoms with Crippen molar-refractivity contribution in [2.75, 3.05) is 24.6 Å². The Kier molecular flexibility index (Phi) is 4.11. The molecule has 4 heteroatoms.